The number of nitrogens with one attached hydrogen (secondary N) is 2. The molecule has 1 atom stereocenters. The minimum atomic E-state index is -4.63. The second-order valence-corrected chi connectivity index (χ2v) is 8.25. The average Bonchev–Trinajstić information content (AvgIpc) is 3.21. The second-order valence-electron chi connectivity index (χ2n) is 7.81. The van der Waals surface area contributed by atoms with Gasteiger partial charge in [0, 0.05) is 17.1 Å². The lowest BCUT2D eigenvalue weighted by Crippen LogP contribution is -2.28. The van der Waals surface area contributed by atoms with Gasteiger partial charge in [0.05, 0.1) is 23.8 Å². The first-order chi connectivity index (χ1) is 15.6. The summed E-state index contributed by atoms with van der Waals surface area (Å²) < 4.78 is 40.9. The summed E-state index contributed by atoms with van der Waals surface area (Å²) in [6.07, 6.45) is -3.66. The van der Waals surface area contributed by atoms with Crippen molar-refractivity contribution in [2.75, 3.05) is 5.32 Å². The Balaban J connectivity index is 1.53. The van der Waals surface area contributed by atoms with E-state index in [1.807, 2.05) is 6.07 Å². The number of halogens is 4. The number of aryl methyl sites for hydroxylation is 1. The molecule has 2 aromatic carbocycles. The number of aromatic nitrogens is 2. The zero-order valence-electron chi connectivity index (χ0n) is 17.5. The molecule has 10 heteroatoms. The molecule has 33 heavy (non-hydrogen) atoms. The minimum absolute atomic E-state index is 0.0458. The van der Waals surface area contributed by atoms with Crippen LogP contribution in [0.2, 0.25) is 5.02 Å². The van der Waals surface area contributed by atoms with Crippen molar-refractivity contribution in [2.45, 2.75) is 38.4 Å². The summed E-state index contributed by atoms with van der Waals surface area (Å²) in [5.41, 5.74) is 1.89. The first kappa shape index (κ1) is 22.8. The fraction of sp³-hybridized carbons (Fsp3) is 0.261. The summed E-state index contributed by atoms with van der Waals surface area (Å²) in [6, 6.07) is 12.6. The topological polar surface area (TPSA) is 76.0 Å². The summed E-state index contributed by atoms with van der Waals surface area (Å²) in [7, 11) is 0. The summed E-state index contributed by atoms with van der Waals surface area (Å²) in [5.74, 6) is -0.935. The van der Waals surface area contributed by atoms with Crippen LogP contribution in [0.4, 0.5) is 18.9 Å². The molecule has 0 bridgehead atoms. The Morgan fingerprint density at radius 2 is 2.00 bits per heavy atom. The molecule has 2 heterocycles. The molecular weight excluding hydrogens is 457 g/mol. The lowest BCUT2D eigenvalue weighted by molar-refractivity contribution is -0.141. The Bertz CT molecular complexity index is 1220. The number of hydrogen-bond donors (Lipinski definition) is 2. The van der Waals surface area contributed by atoms with Crippen LogP contribution >= 0.6 is 11.6 Å². The highest BCUT2D eigenvalue weighted by atomic mass is 35.5. The van der Waals surface area contributed by atoms with Gasteiger partial charge in [-0.3, -0.25) is 9.59 Å². The number of hydrogen-bond acceptors (Lipinski definition) is 3. The summed E-state index contributed by atoms with van der Waals surface area (Å²) in [4.78, 5) is 24.3. The molecule has 0 aliphatic carbocycles. The lowest BCUT2D eigenvalue weighted by Gasteiger charge is -2.19. The average molecular weight is 477 g/mol. The van der Waals surface area contributed by atoms with Crippen LogP contribution < -0.4 is 10.6 Å². The Kier molecular flexibility index (Phi) is 6.16. The van der Waals surface area contributed by atoms with Crippen LogP contribution in [0.1, 0.15) is 41.8 Å². The maximum atomic E-state index is 13.3. The summed E-state index contributed by atoms with van der Waals surface area (Å²) >= 11 is 5.98. The molecule has 172 valence electrons. The van der Waals surface area contributed by atoms with Gasteiger partial charge in [-0.05, 0) is 54.8 Å². The fourth-order valence-corrected chi connectivity index (χ4v) is 3.85. The molecule has 1 aliphatic heterocycles. The quantitative estimate of drug-likeness (QED) is 0.552. The third-order valence-corrected chi connectivity index (χ3v) is 5.72. The maximum Gasteiger partial charge on any atom is 0.435 e. The molecule has 3 aromatic rings. The molecule has 1 unspecified atom stereocenters. The molecule has 6 nitrogen and oxygen atoms in total. The van der Waals surface area contributed by atoms with Crippen LogP contribution in [0.25, 0.3) is 5.69 Å². The number of amides is 2. The van der Waals surface area contributed by atoms with Gasteiger partial charge < -0.3 is 10.6 Å². The maximum absolute atomic E-state index is 13.3. The number of fused-ring (bicyclic) bond motifs is 1. The molecule has 1 aliphatic rings. The monoisotopic (exact) mass is 476 g/mol. The molecule has 0 spiro atoms. The standard InChI is InChI=1S/C23H20ClF3N4O2/c1-13(14-5-7-19-15(9-14)6-8-21(32)29-19)22(33)28-12-18-11-20(23(25,26)27)30-31(18)17-4-2-3-16(24)10-17/h2-5,7,9-11,13H,6,8,12H2,1H3,(H,28,33)(H,29,32). The van der Waals surface area contributed by atoms with Crippen molar-refractivity contribution in [3.63, 3.8) is 0 Å². The number of carbonyl (C=O) groups excluding carboxylic acids is 2. The predicted octanol–water partition coefficient (Wildman–Crippen LogP) is 4.85. The second kappa shape index (κ2) is 8.90. The number of nitrogens with zero attached hydrogens (tertiary/aromatic N) is 2. The molecule has 2 amide bonds. The highest BCUT2D eigenvalue weighted by Crippen LogP contribution is 2.30. The van der Waals surface area contributed by atoms with Crippen LogP contribution in [0.5, 0.6) is 0 Å². The third-order valence-electron chi connectivity index (χ3n) is 5.49. The predicted molar refractivity (Wildman–Crippen MR) is 117 cm³/mol. The van der Waals surface area contributed by atoms with Gasteiger partial charge in [0.25, 0.3) is 0 Å². The highest BCUT2D eigenvalue weighted by molar-refractivity contribution is 6.30. The van der Waals surface area contributed by atoms with Gasteiger partial charge in [-0.25, -0.2) is 4.68 Å². The summed E-state index contributed by atoms with van der Waals surface area (Å²) in [6.45, 7) is 1.56. The first-order valence-corrected chi connectivity index (χ1v) is 10.6. The van der Waals surface area contributed by atoms with Gasteiger partial charge >= 0.3 is 6.18 Å². The molecule has 0 saturated heterocycles. The van der Waals surface area contributed by atoms with E-state index in [4.69, 9.17) is 11.6 Å². The molecule has 0 fully saturated rings. The van der Waals surface area contributed by atoms with Crippen molar-refractivity contribution in [1.82, 2.24) is 15.1 Å². The van der Waals surface area contributed by atoms with Gasteiger partial charge in [0.15, 0.2) is 5.69 Å². The number of benzene rings is 2. The third kappa shape index (κ3) is 5.03. The lowest BCUT2D eigenvalue weighted by atomic mass is 9.94. The number of rotatable bonds is 5. The van der Waals surface area contributed by atoms with Crippen molar-refractivity contribution < 1.29 is 22.8 Å². The van der Waals surface area contributed by atoms with E-state index in [-0.39, 0.29) is 24.1 Å². The Morgan fingerprint density at radius 3 is 2.73 bits per heavy atom. The molecule has 0 radical (unpaired) electrons. The van der Waals surface area contributed by atoms with E-state index in [0.717, 1.165) is 27.6 Å². The van der Waals surface area contributed by atoms with Crippen LogP contribution in [0, 0.1) is 0 Å². The molecule has 4 rings (SSSR count). The van der Waals surface area contributed by atoms with E-state index in [9.17, 15) is 22.8 Å². The zero-order valence-corrected chi connectivity index (χ0v) is 18.3. The normalized spacial score (nSPS) is 14.4. The van der Waals surface area contributed by atoms with Crippen molar-refractivity contribution >= 4 is 29.1 Å². The van der Waals surface area contributed by atoms with Crippen LogP contribution in [0.15, 0.2) is 48.5 Å². The van der Waals surface area contributed by atoms with Crippen molar-refractivity contribution in [2.24, 2.45) is 0 Å². The van der Waals surface area contributed by atoms with Crippen LogP contribution in [-0.2, 0) is 28.7 Å². The van der Waals surface area contributed by atoms with Crippen LogP contribution in [0.3, 0.4) is 0 Å². The van der Waals surface area contributed by atoms with Gasteiger partial charge in [0.1, 0.15) is 0 Å². The number of carbonyl (C=O) groups is 2. The zero-order chi connectivity index (χ0) is 23.8. The van der Waals surface area contributed by atoms with E-state index < -0.39 is 17.8 Å². The molecule has 1 aromatic heterocycles. The SMILES string of the molecule is CC(C(=O)NCc1cc(C(F)(F)F)nn1-c1cccc(Cl)c1)c1ccc2c(c1)CCC(=O)N2. The van der Waals surface area contributed by atoms with Gasteiger partial charge in [-0.15, -0.1) is 0 Å². The number of anilines is 1. The van der Waals surface area contributed by atoms with Gasteiger partial charge in [-0.1, -0.05) is 29.8 Å². The van der Waals surface area contributed by atoms with Crippen LogP contribution in [-0.4, -0.2) is 21.6 Å². The highest BCUT2D eigenvalue weighted by Gasteiger charge is 2.35. The van der Waals surface area contributed by atoms with Crippen molar-refractivity contribution in [1.29, 1.82) is 0 Å². The molecule has 2 N–H and O–H groups in total. The first-order valence-electron chi connectivity index (χ1n) is 10.2. The largest absolute Gasteiger partial charge is 0.435 e. The Hall–Kier alpha value is -3.33. The minimum Gasteiger partial charge on any atom is -0.350 e. The van der Waals surface area contributed by atoms with E-state index in [0.29, 0.717) is 23.6 Å². The van der Waals surface area contributed by atoms with E-state index in [1.165, 1.54) is 6.07 Å². The Labute approximate surface area is 192 Å². The van der Waals surface area contributed by atoms with Gasteiger partial charge in [-0.2, -0.15) is 18.3 Å². The Morgan fingerprint density at radius 1 is 1.21 bits per heavy atom. The molecule has 0 saturated carbocycles. The van der Waals surface area contributed by atoms with Gasteiger partial charge in [0.2, 0.25) is 11.8 Å². The molecular formula is C23H20ClF3N4O2. The smallest absolute Gasteiger partial charge is 0.350 e. The fourth-order valence-electron chi connectivity index (χ4n) is 3.67. The van der Waals surface area contributed by atoms with Crippen molar-refractivity contribution in [3.8, 4) is 5.69 Å². The van der Waals surface area contributed by atoms with E-state index in [1.54, 1.807) is 37.3 Å². The van der Waals surface area contributed by atoms with E-state index >= 15 is 0 Å². The number of alkyl halides is 3. The van der Waals surface area contributed by atoms with Crippen molar-refractivity contribution in [3.05, 3.63) is 76.1 Å². The summed E-state index contributed by atoms with van der Waals surface area (Å²) in [5, 5.41) is 9.52. The van der Waals surface area contributed by atoms with E-state index in [2.05, 4.69) is 15.7 Å².